The van der Waals surface area contributed by atoms with Crippen molar-refractivity contribution in [1.82, 2.24) is 4.90 Å². The van der Waals surface area contributed by atoms with Gasteiger partial charge in [0.15, 0.2) is 0 Å². The van der Waals surface area contributed by atoms with E-state index in [1.807, 2.05) is 48.5 Å². The first-order valence-electron chi connectivity index (χ1n) is 7.16. The molecular weight excluding hydrogens is 276 g/mol. The molecule has 0 bridgehead atoms. The van der Waals surface area contributed by atoms with Crippen molar-refractivity contribution in [2.75, 3.05) is 19.0 Å². The molecule has 1 heterocycles. The second-order valence-corrected chi connectivity index (χ2v) is 5.12. The van der Waals surface area contributed by atoms with Gasteiger partial charge in [-0.15, -0.1) is 6.58 Å². The van der Waals surface area contributed by atoms with E-state index in [9.17, 15) is 4.79 Å². The summed E-state index contributed by atoms with van der Waals surface area (Å²) in [6, 6.07) is 15.3. The number of benzene rings is 2. The first-order valence-corrected chi connectivity index (χ1v) is 7.16. The Balaban J connectivity index is 2.05. The quantitative estimate of drug-likeness (QED) is 0.878. The monoisotopic (exact) mass is 294 g/mol. The van der Waals surface area contributed by atoms with Gasteiger partial charge in [-0.2, -0.15) is 0 Å². The SMILES string of the molecule is C=CCN1C(=O)c2ccccc2NC1c1cccc(OC)c1. The molecule has 1 atom stereocenters. The molecule has 0 spiro atoms. The summed E-state index contributed by atoms with van der Waals surface area (Å²) < 4.78 is 5.29. The van der Waals surface area contributed by atoms with E-state index in [1.54, 1.807) is 18.1 Å². The van der Waals surface area contributed by atoms with Gasteiger partial charge in [0.25, 0.3) is 5.91 Å². The molecule has 2 aromatic carbocycles. The molecule has 0 radical (unpaired) electrons. The van der Waals surface area contributed by atoms with Crippen molar-refractivity contribution in [3.05, 3.63) is 72.3 Å². The first-order chi connectivity index (χ1) is 10.7. The van der Waals surface area contributed by atoms with Crippen LogP contribution in [-0.4, -0.2) is 24.5 Å². The van der Waals surface area contributed by atoms with E-state index in [2.05, 4.69) is 11.9 Å². The fourth-order valence-electron chi connectivity index (χ4n) is 2.69. The van der Waals surface area contributed by atoms with Crippen molar-refractivity contribution in [1.29, 1.82) is 0 Å². The van der Waals surface area contributed by atoms with Gasteiger partial charge >= 0.3 is 0 Å². The Labute approximate surface area is 130 Å². The van der Waals surface area contributed by atoms with Gasteiger partial charge in [0.1, 0.15) is 11.9 Å². The maximum absolute atomic E-state index is 12.8. The number of carbonyl (C=O) groups excluding carboxylic acids is 1. The predicted molar refractivity (Wildman–Crippen MR) is 87.0 cm³/mol. The molecule has 0 fully saturated rings. The van der Waals surface area contributed by atoms with Crippen LogP contribution in [0.2, 0.25) is 0 Å². The maximum atomic E-state index is 12.8. The highest BCUT2D eigenvalue weighted by Crippen LogP contribution is 2.33. The smallest absolute Gasteiger partial charge is 0.258 e. The Bertz CT molecular complexity index is 712. The number of methoxy groups -OCH3 is 1. The zero-order valence-corrected chi connectivity index (χ0v) is 12.5. The highest BCUT2D eigenvalue weighted by Gasteiger charge is 2.31. The summed E-state index contributed by atoms with van der Waals surface area (Å²) >= 11 is 0. The fraction of sp³-hybridized carbons (Fsp3) is 0.167. The Kier molecular flexibility index (Phi) is 3.83. The molecule has 112 valence electrons. The predicted octanol–water partition coefficient (Wildman–Crippen LogP) is 3.45. The van der Waals surface area contributed by atoms with E-state index in [4.69, 9.17) is 4.74 Å². The second-order valence-electron chi connectivity index (χ2n) is 5.12. The normalized spacial score (nSPS) is 16.7. The Morgan fingerprint density at radius 3 is 2.86 bits per heavy atom. The number of amides is 1. The molecule has 1 unspecified atom stereocenters. The van der Waals surface area contributed by atoms with Crippen LogP contribution in [0.1, 0.15) is 22.1 Å². The van der Waals surface area contributed by atoms with Crippen LogP contribution in [0.25, 0.3) is 0 Å². The summed E-state index contributed by atoms with van der Waals surface area (Å²) in [4.78, 5) is 14.5. The molecule has 4 nitrogen and oxygen atoms in total. The molecule has 4 heteroatoms. The number of anilines is 1. The van der Waals surface area contributed by atoms with Gasteiger partial charge in [0.2, 0.25) is 0 Å². The van der Waals surface area contributed by atoms with Crippen LogP contribution in [0, 0.1) is 0 Å². The zero-order chi connectivity index (χ0) is 15.5. The van der Waals surface area contributed by atoms with Gasteiger partial charge < -0.3 is 15.0 Å². The molecular formula is C18H18N2O2. The summed E-state index contributed by atoms with van der Waals surface area (Å²) in [6.45, 7) is 4.23. The molecule has 0 aromatic heterocycles. The van der Waals surface area contributed by atoms with Gasteiger partial charge in [0, 0.05) is 12.2 Å². The van der Waals surface area contributed by atoms with Crippen molar-refractivity contribution >= 4 is 11.6 Å². The lowest BCUT2D eigenvalue weighted by molar-refractivity contribution is 0.0707. The van der Waals surface area contributed by atoms with Gasteiger partial charge in [-0.25, -0.2) is 0 Å². The van der Waals surface area contributed by atoms with Crippen molar-refractivity contribution in [2.45, 2.75) is 6.17 Å². The average molecular weight is 294 g/mol. The van der Waals surface area contributed by atoms with Crippen molar-refractivity contribution in [2.24, 2.45) is 0 Å². The Morgan fingerprint density at radius 2 is 2.09 bits per heavy atom. The maximum Gasteiger partial charge on any atom is 0.258 e. The Morgan fingerprint density at radius 1 is 1.27 bits per heavy atom. The molecule has 0 saturated carbocycles. The summed E-state index contributed by atoms with van der Waals surface area (Å²) in [6.07, 6.45) is 1.50. The molecule has 0 saturated heterocycles. The van der Waals surface area contributed by atoms with E-state index >= 15 is 0 Å². The molecule has 22 heavy (non-hydrogen) atoms. The topological polar surface area (TPSA) is 41.6 Å². The van der Waals surface area contributed by atoms with E-state index in [0.717, 1.165) is 17.0 Å². The third-order valence-corrected chi connectivity index (χ3v) is 3.76. The summed E-state index contributed by atoms with van der Waals surface area (Å²) in [5.74, 6) is 0.770. The minimum absolute atomic E-state index is 0.00192. The highest BCUT2D eigenvalue weighted by atomic mass is 16.5. The van der Waals surface area contributed by atoms with Crippen LogP contribution in [0.3, 0.4) is 0 Å². The molecule has 2 aromatic rings. The number of nitrogens with one attached hydrogen (secondary N) is 1. The molecule has 1 aliphatic heterocycles. The lowest BCUT2D eigenvalue weighted by atomic mass is 10.0. The van der Waals surface area contributed by atoms with Gasteiger partial charge in [0.05, 0.1) is 12.7 Å². The third kappa shape index (κ3) is 2.44. The average Bonchev–Trinajstić information content (AvgIpc) is 2.57. The fourth-order valence-corrected chi connectivity index (χ4v) is 2.69. The minimum atomic E-state index is -0.240. The Hall–Kier alpha value is -2.75. The van der Waals surface area contributed by atoms with Crippen molar-refractivity contribution < 1.29 is 9.53 Å². The first kappa shape index (κ1) is 14.2. The third-order valence-electron chi connectivity index (χ3n) is 3.76. The van der Waals surface area contributed by atoms with Crippen LogP contribution in [0.4, 0.5) is 5.69 Å². The number of hydrogen-bond acceptors (Lipinski definition) is 3. The second kappa shape index (κ2) is 5.93. The number of fused-ring (bicyclic) bond motifs is 1. The van der Waals surface area contributed by atoms with Crippen LogP contribution >= 0.6 is 0 Å². The number of carbonyl (C=O) groups is 1. The van der Waals surface area contributed by atoms with Crippen molar-refractivity contribution in [3.8, 4) is 5.75 Å². The lowest BCUT2D eigenvalue weighted by Gasteiger charge is -2.37. The summed E-state index contributed by atoms with van der Waals surface area (Å²) in [7, 11) is 1.63. The van der Waals surface area contributed by atoms with E-state index in [-0.39, 0.29) is 12.1 Å². The van der Waals surface area contributed by atoms with E-state index in [1.165, 1.54) is 0 Å². The van der Waals surface area contributed by atoms with Crippen LogP contribution < -0.4 is 10.1 Å². The molecule has 1 N–H and O–H groups in total. The molecule has 1 amide bonds. The number of nitrogens with zero attached hydrogens (tertiary/aromatic N) is 1. The number of rotatable bonds is 4. The summed E-state index contributed by atoms with van der Waals surface area (Å²) in [5, 5.41) is 3.43. The molecule has 0 aliphatic carbocycles. The largest absolute Gasteiger partial charge is 0.497 e. The van der Waals surface area contributed by atoms with Gasteiger partial charge in [-0.1, -0.05) is 30.3 Å². The van der Waals surface area contributed by atoms with E-state index < -0.39 is 0 Å². The van der Waals surface area contributed by atoms with Crippen molar-refractivity contribution in [3.63, 3.8) is 0 Å². The number of ether oxygens (including phenoxy) is 1. The minimum Gasteiger partial charge on any atom is -0.497 e. The van der Waals surface area contributed by atoms with E-state index in [0.29, 0.717) is 12.1 Å². The zero-order valence-electron chi connectivity index (χ0n) is 12.5. The standard InChI is InChI=1S/C18H18N2O2/c1-3-11-20-17(13-7-6-8-14(12-13)22-2)19-16-10-5-4-9-15(16)18(20)21/h3-10,12,17,19H,1,11H2,2H3. The molecule has 3 rings (SSSR count). The number of para-hydroxylation sites is 1. The van der Waals surface area contributed by atoms with Crippen LogP contribution in [0.15, 0.2) is 61.2 Å². The van der Waals surface area contributed by atoms with Gasteiger partial charge in [-0.3, -0.25) is 4.79 Å². The lowest BCUT2D eigenvalue weighted by Crippen LogP contribution is -2.42. The number of hydrogen-bond donors (Lipinski definition) is 1. The van der Waals surface area contributed by atoms with Crippen LogP contribution in [-0.2, 0) is 0 Å². The highest BCUT2D eigenvalue weighted by molar-refractivity contribution is 6.01. The molecule has 1 aliphatic rings. The van der Waals surface area contributed by atoms with Crippen LogP contribution in [0.5, 0.6) is 5.75 Å². The van der Waals surface area contributed by atoms with Gasteiger partial charge in [-0.05, 0) is 29.8 Å². The summed E-state index contributed by atoms with van der Waals surface area (Å²) in [5.41, 5.74) is 2.51.